The maximum Gasteiger partial charge on any atom is -0.0138 e. The van der Waals surface area contributed by atoms with Crippen molar-refractivity contribution in [2.45, 2.75) is 52.9 Å². The van der Waals surface area contributed by atoms with E-state index in [0.29, 0.717) is 10.8 Å². The average molecular weight is 164 g/mol. The molecule has 2 aliphatic rings. The van der Waals surface area contributed by atoms with Gasteiger partial charge in [-0.25, -0.2) is 0 Å². The van der Waals surface area contributed by atoms with Crippen molar-refractivity contribution in [3.8, 4) is 0 Å². The fraction of sp³-hybridized carbons (Fsp3) is 0.833. The SMILES string of the molecule is CCC12CCC(C)(C=C(C)C1)C2. The normalized spacial score (nSPS) is 46.1. The van der Waals surface area contributed by atoms with Crippen molar-refractivity contribution in [2.24, 2.45) is 10.8 Å². The Morgan fingerprint density at radius 2 is 2.17 bits per heavy atom. The topological polar surface area (TPSA) is 0 Å². The minimum absolute atomic E-state index is 0.568. The molecule has 2 bridgehead atoms. The highest BCUT2D eigenvalue weighted by Gasteiger charge is 2.45. The molecule has 0 saturated heterocycles. The van der Waals surface area contributed by atoms with E-state index in [2.05, 4.69) is 26.8 Å². The summed E-state index contributed by atoms with van der Waals surface area (Å²) in [6, 6.07) is 0. The molecule has 0 radical (unpaired) electrons. The van der Waals surface area contributed by atoms with Crippen LogP contribution in [0.25, 0.3) is 0 Å². The Labute approximate surface area is 76.1 Å². The van der Waals surface area contributed by atoms with Gasteiger partial charge in [-0.05, 0) is 43.4 Å². The monoisotopic (exact) mass is 164 g/mol. The third-order valence-corrected chi connectivity index (χ3v) is 4.00. The first-order chi connectivity index (χ1) is 5.58. The Hall–Kier alpha value is -0.260. The van der Waals surface area contributed by atoms with Gasteiger partial charge in [-0.3, -0.25) is 0 Å². The maximum absolute atomic E-state index is 2.54. The number of rotatable bonds is 1. The molecule has 2 atom stereocenters. The maximum atomic E-state index is 2.54. The summed E-state index contributed by atoms with van der Waals surface area (Å²) >= 11 is 0. The van der Waals surface area contributed by atoms with E-state index in [9.17, 15) is 0 Å². The number of fused-ring (bicyclic) bond motifs is 2. The summed E-state index contributed by atoms with van der Waals surface area (Å²) in [5.74, 6) is 0. The average Bonchev–Trinajstić information content (AvgIpc) is 2.23. The van der Waals surface area contributed by atoms with Crippen LogP contribution < -0.4 is 0 Å². The van der Waals surface area contributed by atoms with E-state index >= 15 is 0 Å². The highest BCUT2D eigenvalue weighted by atomic mass is 14.5. The predicted molar refractivity (Wildman–Crippen MR) is 53.1 cm³/mol. The number of allylic oxidation sites excluding steroid dienone is 2. The van der Waals surface area contributed by atoms with Crippen molar-refractivity contribution in [3.05, 3.63) is 11.6 Å². The molecule has 2 aliphatic carbocycles. The molecule has 0 heterocycles. The minimum atomic E-state index is 0.568. The van der Waals surface area contributed by atoms with Gasteiger partial charge < -0.3 is 0 Å². The molecule has 1 fully saturated rings. The van der Waals surface area contributed by atoms with Gasteiger partial charge in [-0.2, -0.15) is 0 Å². The zero-order valence-corrected chi connectivity index (χ0v) is 8.61. The Bertz CT molecular complexity index is 226. The molecule has 0 spiro atoms. The lowest BCUT2D eigenvalue weighted by Gasteiger charge is -2.35. The van der Waals surface area contributed by atoms with Gasteiger partial charge in [0.2, 0.25) is 0 Å². The Kier molecular flexibility index (Phi) is 1.65. The molecule has 12 heavy (non-hydrogen) atoms. The summed E-state index contributed by atoms with van der Waals surface area (Å²) in [5, 5.41) is 0. The van der Waals surface area contributed by atoms with E-state index in [0.717, 1.165) is 0 Å². The highest BCUT2D eigenvalue weighted by Crippen LogP contribution is 2.58. The second-order valence-electron chi connectivity index (χ2n) is 5.35. The highest BCUT2D eigenvalue weighted by molar-refractivity contribution is 5.19. The zero-order valence-electron chi connectivity index (χ0n) is 8.61. The number of hydrogen-bond donors (Lipinski definition) is 0. The molecule has 0 N–H and O–H groups in total. The molecule has 2 unspecified atom stereocenters. The van der Waals surface area contributed by atoms with Crippen molar-refractivity contribution >= 4 is 0 Å². The van der Waals surface area contributed by atoms with Gasteiger partial charge >= 0.3 is 0 Å². The second-order valence-corrected chi connectivity index (χ2v) is 5.35. The lowest BCUT2D eigenvalue weighted by Crippen LogP contribution is -2.23. The van der Waals surface area contributed by atoms with Crippen molar-refractivity contribution in [3.63, 3.8) is 0 Å². The van der Waals surface area contributed by atoms with Crippen molar-refractivity contribution in [1.29, 1.82) is 0 Å². The largest absolute Gasteiger partial charge is 0.0796 e. The second kappa shape index (κ2) is 2.37. The van der Waals surface area contributed by atoms with Crippen LogP contribution in [0.1, 0.15) is 52.9 Å². The predicted octanol–water partition coefficient (Wildman–Crippen LogP) is 3.92. The Morgan fingerprint density at radius 1 is 1.42 bits per heavy atom. The quantitative estimate of drug-likeness (QED) is 0.515. The van der Waals surface area contributed by atoms with Crippen molar-refractivity contribution in [2.75, 3.05) is 0 Å². The summed E-state index contributed by atoms with van der Waals surface area (Å²) < 4.78 is 0. The lowest BCUT2D eigenvalue weighted by atomic mass is 9.70. The van der Waals surface area contributed by atoms with Gasteiger partial charge in [-0.15, -0.1) is 0 Å². The summed E-state index contributed by atoms with van der Waals surface area (Å²) in [6.45, 7) is 7.12. The van der Waals surface area contributed by atoms with Crippen LogP contribution in [-0.2, 0) is 0 Å². The summed E-state index contributed by atoms with van der Waals surface area (Å²) in [4.78, 5) is 0. The van der Waals surface area contributed by atoms with Crippen molar-refractivity contribution < 1.29 is 0 Å². The molecule has 0 nitrogen and oxygen atoms in total. The summed E-state index contributed by atoms with van der Waals surface area (Å²) in [7, 11) is 0. The van der Waals surface area contributed by atoms with E-state index in [4.69, 9.17) is 0 Å². The van der Waals surface area contributed by atoms with Crippen LogP contribution in [-0.4, -0.2) is 0 Å². The standard InChI is InChI=1S/C12H20/c1-4-12-6-5-11(3,9-12)7-10(2)8-12/h7H,4-6,8-9H2,1-3H3. The van der Waals surface area contributed by atoms with Gasteiger partial charge in [-0.1, -0.05) is 31.9 Å². The van der Waals surface area contributed by atoms with E-state index in [1.807, 2.05) is 0 Å². The molecular weight excluding hydrogens is 144 g/mol. The molecule has 0 amide bonds. The molecule has 0 aromatic rings. The first-order valence-corrected chi connectivity index (χ1v) is 5.26. The minimum Gasteiger partial charge on any atom is -0.0796 e. The number of hydrogen-bond acceptors (Lipinski definition) is 0. The van der Waals surface area contributed by atoms with Gasteiger partial charge in [0, 0.05) is 0 Å². The van der Waals surface area contributed by atoms with Crippen molar-refractivity contribution in [1.82, 2.24) is 0 Å². The Balaban J connectivity index is 2.32. The summed E-state index contributed by atoms with van der Waals surface area (Å²) in [6.07, 6.45) is 9.64. The van der Waals surface area contributed by atoms with Crippen LogP contribution in [0.4, 0.5) is 0 Å². The van der Waals surface area contributed by atoms with E-state index < -0.39 is 0 Å². The first-order valence-electron chi connectivity index (χ1n) is 5.26. The van der Waals surface area contributed by atoms with Crippen LogP contribution in [0, 0.1) is 10.8 Å². The molecule has 0 heteroatoms. The molecule has 2 rings (SSSR count). The molecule has 1 saturated carbocycles. The molecule has 0 aliphatic heterocycles. The van der Waals surface area contributed by atoms with Gasteiger partial charge in [0.25, 0.3) is 0 Å². The zero-order chi connectivity index (χ0) is 8.82. The lowest BCUT2D eigenvalue weighted by molar-refractivity contribution is 0.237. The fourth-order valence-electron chi connectivity index (χ4n) is 3.52. The van der Waals surface area contributed by atoms with Crippen LogP contribution in [0.2, 0.25) is 0 Å². The van der Waals surface area contributed by atoms with E-state index in [1.54, 1.807) is 5.57 Å². The fourth-order valence-corrected chi connectivity index (χ4v) is 3.52. The van der Waals surface area contributed by atoms with Crippen LogP contribution >= 0.6 is 0 Å². The molecule has 0 aromatic heterocycles. The first kappa shape index (κ1) is 8.34. The third kappa shape index (κ3) is 1.12. The molecule has 68 valence electrons. The van der Waals surface area contributed by atoms with E-state index in [-0.39, 0.29) is 0 Å². The summed E-state index contributed by atoms with van der Waals surface area (Å²) in [5.41, 5.74) is 2.91. The van der Waals surface area contributed by atoms with Crippen LogP contribution in [0.15, 0.2) is 11.6 Å². The Morgan fingerprint density at radius 3 is 2.83 bits per heavy atom. The van der Waals surface area contributed by atoms with Gasteiger partial charge in [0.15, 0.2) is 0 Å². The van der Waals surface area contributed by atoms with Gasteiger partial charge in [0.05, 0.1) is 0 Å². The molecular formula is C12H20. The third-order valence-electron chi connectivity index (χ3n) is 4.00. The van der Waals surface area contributed by atoms with Crippen LogP contribution in [0.3, 0.4) is 0 Å². The van der Waals surface area contributed by atoms with Gasteiger partial charge in [0.1, 0.15) is 0 Å². The molecule has 0 aromatic carbocycles. The smallest absolute Gasteiger partial charge is 0.0138 e. The van der Waals surface area contributed by atoms with Crippen LogP contribution in [0.5, 0.6) is 0 Å². The van der Waals surface area contributed by atoms with E-state index in [1.165, 1.54) is 32.1 Å².